The van der Waals surface area contributed by atoms with Crippen LogP contribution >= 0.6 is 12.4 Å². The fraction of sp³-hybridized carbons (Fsp3) is 0.467. The first-order valence-corrected chi connectivity index (χ1v) is 7.11. The van der Waals surface area contributed by atoms with Crippen molar-refractivity contribution in [1.29, 1.82) is 0 Å². The second-order valence-corrected chi connectivity index (χ2v) is 5.43. The van der Waals surface area contributed by atoms with E-state index in [2.05, 4.69) is 21.9 Å². The van der Waals surface area contributed by atoms with Gasteiger partial charge in [-0.2, -0.15) is 4.68 Å². The molecule has 0 bridgehead atoms. The van der Waals surface area contributed by atoms with Crippen molar-refractivity contribution in [3.63, 3.8) is 0 Å². The first kappa shape index (κ1) is 16.6. The minimum Gasteiger partial charge on any atom is -0.497 e. The molecule has 22 heavy (non-hydrogen) atoms. The van der Waals surface area contributed by atoms with E-state index in [1.165, 1.54) is 11.6 Å². The highest BCUT2D eigenvalue weighted by Crippen LogP contribution is 2.30. The Morgan fingerprint density at radius 3 is 2.50 bits per heavy atom. The average Bonchev–Trinajstić information content (AvgIpc) is 2.87. The molecule has 1 aromatic heterocycles. The van der Waals surface area contributed by atoms with Crippen LogP contribution in [0.4, 0.5) is 5.82 Å². The molecule has 7 heteroatoms. The van der Waals surface area contributed by atoms with Crippen LogP contribution in [0, 0.1) is 0 Å². The van der Waals surface area contributed by atoms with Crippen LogP contribution in [0.1, 0.15) is 11.7 Å². The van der Waals surface area contributed by atoms with Gasteiger partial charge in [0.25, 0.3) is 0 Å². The Bertz CT molecular complexity index is 677. The number of piperazine rings is 1. The van der Waals surface area contributed by atoms with Crippen molar-refractivity contribution in [2.45, 2.75) is 6.92 Å². The number of benzene rings is 1. The van der Waals surface area contributed by atoms with Gasteiger partial charge in [-0.25, -0.2) is 0 Å². The van der Waals surface area contributed by atoms with E-state index in [0.29, 0.717) is 0 Å². The zero-order valence-electron chi connectivity index (χ0n) is 13.1. The molecular weight excluding hydrogens is 304 g/mol. The lowest BCUT2D eigenvalue weighted by Gasteiger charge is -2.32. The average molecular weight is 325 g/mol. The number of carbonyl (C=O) groups excluding carboxylic acids is 1. The van der Waals surface area contributed by atoms with Crippen molar-refractivity contribution in [3.05, 3.63) is 18.2 Å². The molecule has 1 aliphatic rings. The molecule has 0 amide bonds. The fourth-order valence-corrected chi connectivity index (χ4v) is 2.70. The zero-order valence-corrected chi connectivity index (χ0v) is 13.9. The second kappa shape index (κ2) is 6.54. The molecular formula is C15H21ClN4O2. The lowest BCUT2D eigenvalue weighted by atomic mass is 10.2. The molecule has 1 fully saturated rings. The Morgan fingerprint density at radius 2 is 1.91 bits per heavy atom. The van der Waals surface area contributed by atoms with Gasteiger partial charge < -0.3 is 14.5 Å². The second-order valence-electron chi connectivity index (χ2n) is 5.43. The van der Waals surface area contributed by atoms with Crippen LogP contribution in [0.5, 0.6) is 5.75 Å². The normalized spacial score (nSPS) is 15.7. The summed E-state index contributed by atoms with van der Waals surface area (Å²) in [5, 5.41) is 5.50. The minimum absolute atomic E-state index is 0. The number of hydrogen-bond acceptors (Lipinski definition) is 5. The summed E-state index contributed by atoms with van der Waals surface area (Å²) < 4.78 is 6.78. The number of anilines is 1. The van der Waals surface area contributed by atoms with Crippen molar-refractivity contribution >= 4 is 35.0 Å². The predicted molar refractivity (Wildman–Crippen MR) is 89.5 cm³/mol. The van der Waals surface area contributed by atoms with E-state index in [4.69, 9.17) is 4.74 Å². The van der Waals surface area contributed by atoms with Crippen molar-refractivity contribution in [2.75, 3.05) is 45.2 Å². The van der Waals surface area contributed by atoms with Gasteiger partial charge in [0.15, 0.2) is 5.82 Å². The van der Waals surface area contributed by atoms with E-state index in [1.807, 2.05) is 18.2 Å². The quantitative estimate of drug-likeness (QED) is 0.844. The number of carbonyl (C=O) groups is 1. The number of likely N-dealkylation sites (N-methyl/N-ethyl adjacent to an activating group) is 1. The summed E-state index contributed by atoms with van der Waals surface area (Å²) in [4.78, 5) is 16.3. The summed E-state index contributed by atoms with van der Waals surface area (Å²) in [7, 11) is 3.76. The molecule has 1 aliphatic heterocycles. The summed E-state index contributed by atoms with van der Waals surface area (Å²) in [6.45, 7) is 5.36. The fourth-order valence-electron chi connectivity index (χ4n) is 2.70. The summed E-state index contributed by atoms with van der Waals surface area (Å²) in [6.07, 6.45) is 0. The summed E-state index contributed by atoms with van der Waals surface area (Å²) in [5.41, 5.74) is 0.831. The third kappa shape index (κ3) is 2.89. The molecule has 0 radical (unpaired) electrons. The third-order valence-electron chi connectivity index (χ3n) is 3.97. The summed E-state index contributed by atoms with van der Waals surface area (Å²) in [5.74, 6) is 1.57. The largest absolute Gasteiger partial charge is 0.497 e. The molecule has 1 saturated heterocycles. The van der Waals surface area contributed by atoms with Crippen molar-refractivity contribution < 1.29 is 9.53 Å². The number of rotatable bonds is 2. The Labute approximate surface area is 136 Å². The Balaban J connectivity index is 0.00000176. The first-order valence-electron chi connectivity index (χ1n) is 7.11. The van der Waals surface area contributed by atoms with Crippen LogP contribution in [0.2, 0.25) is 0 Å². The van der Waals surface area contributed by atoms with Crippen LogP contribution in [-0.4, -0.2) is 60.9 Å². The molecule has 2 aromatic rings. The molecule has 3 rings (SSSR count). The maximum absolute atomic E-state index is 11.8. The van der Waals surface area contributed by atoms with Crippen LogP contribution in [0.25, 0.3) is 10.9 Å². The van der Waals surface area contributed by atoms with Crippen LogP contribution < -0.4 is 9.64 Å². The van der Waals surface area contributed by atoms with E-state index in [-0.39, 0.29) is 18.3 Å². The molecule has 1 aromatic carbocycles. The van der Waals surface area contributed by atoms with E-state index >= 15 is 0 Å². The highest BCUT2D eigenvalue weighted by molar-refractivity contribution is 5.97. The maximum atomic E-state index is 11.8. The molecule has 0 spiro atoms. The number of halogens is 1. The van der Waals surface area contributed by atoms with E-state index in [9.17, 15) is 4.79 Å². The molecule has 0 saturated carbocycles. The van der Waals surface area contributed by atoms with Crippen LogP contribution in [0.15, 0.2) is 18.2 Å². The van der Waals surface area contributed by atoms with Crippen molar-refractivity contribution in [1.82, 2.24) is 14.7 Å². The molecule has 6 nitrogen and oxygen atoms in total. The van der Waals surface area contributed by atoms with Gasteiger partial charge in [-0.1, -0.05) is 0 Å². The SMILES string of the molecule is COc1ccc2c(c1)c(N1CCN(C)CC1)nn2C(C)=O.Cl. The topological polar surface area (TPSA) is 50.6 Å². The minimum atomic E-state index is -0.0782. The van der Waals surface area contributed by atoms with Crippen molar-refractivity contribution in [2.24, 2.45) is 0 Å². The van der Waals surface area contributed by atoms with Gasteiger partial charge in [-0.15, -0.1) is 17.5 Å². The van der Waals surface area contributed by atoms with Gasteiger partial charge in [-0.3, -0.25) is 4.79 Å². The lowest BCUT2D eigenvalue weighted by Crippen LogP contribution is -2.44. The van der Waals surface area contributed by atoms with Gasteiger partial charge in [0.2, 0.25) is 5.91 Å². The lowest BCUT2D eigenvalue weighted by molar-refractivity contribution is 0.0927. The standard InChI is InChI=1S/C15H20N4O2.ClH/c1-11(20)19-14-5-4-12(21-3)10-13(14)15(16-19)18-8-6-17(2)7-9-18;/h4-5,10H,6-9H2,1-3H3;1H. The van der Waals surface area contributed by atoms with Gasteiger partial charge in [-0.05, 0) is 25.2 Å². The first-order chi connectivity index (χ1) is 10.1. The monoisotopic (exact) mass is 324 g/mol. The molecule has 0 unspecified atom stereocenters. The van der Waals surface area contributed by atoms with Crippen molar-refractivity contribution in [3.8, 4) is 5.75 Å². The Kier molecular flexibility index (Phi) is 4.93. The van der Waals surface area contributed by atoms with Gasteiger partial charge in [0, 0.05) is 38.5 Å². The van der Waals surface area contributed by atoms with Gasteiger partial charge in [0.05, 0.1) is 12.6 Å². The third-order valence-corrected chi connectivity index (χ3v) is 3.97. The number of fused-ring (bicyclic) bond motifs is 1. The number of aromatic nitrogens is 2. The number of hydrogen-bond donors (Lipinski definition) is 0. The molecule has 2 heterocycles. The zero-order chi connectivity index (χ0) is 15.0. The Hall–Kier alpha value is -1.79. The van der Waals surface area contributed by atoms with Gasteiger partial charge in [0.1, 0.15) is 5.75 Å². The molecule has 0 aliphatic carbocycles. The number of methoxy groups -OCH3 is 1. The summed E-state index contributed by atoms with van der Waals surface area (Å²) >= 11 is 0. The van der Waals surface area contributed by atoms with Crippen LogP contribution in [0.3, 0.4) is 0 Å². The van der Waals surface area contributed by atoms with E-state index in [0.717, 1.165) is 48.6 Å². The molecule has 120 valence electrons. The maximum Gasteiger partial charge on any atom is 0.244 e. The Morgan fingerprint density at radius 1 is 1.23 bits per heavy atom. The molecule has 0 N–H and O–H groups in total. The predicted octanol–water partition coefficient (Wildman–Crippen LogP) is 1.88. The van der Waals surface area contributed by atoms with E-state index in [1.54, 1.807) is 7.11 Å². The number of nitrogens with zero attached hydrogens (tertiary/aromatic N) is 4. The van der Waals surface area contributed by atoms with Crippen LogP contribution in [-0.2, 0) is 0 Å². The smallest absolute Gasteiger partial charge is 0.244 e. The highest BCUT2D eigenvalue weighted by Gasteiger charge is 2.21. The summed E-state index contributed by atoms with van der Waals surface area (Å²) in [6, 6.07) is 5.70. The van der Waals surface area contributed by atoms with E-state index < -0.39 is 0 Å². The molecule has 0 atom stereocenters. The highest BCUT2D eigenvalue weighted by atomic mass is 35.5. The number of ether oxygens (including phenoxy) is 1. The van der Waals surface area contributed by atoms with Gasteiger partial charge >= 0.3 is 0 Å².